The first-order chi connectivity index (χ1) is 10.0. The number of benzene rings is 1. The maximum absolute atomic E-state index is 12.7. The number of anilines is 1. The normalized spacial score (nSPS) is 12.1. The van der Waals surface area contributed by atoms with E-state index in [0.29, 0.717) is 18.8 Å². The van der Waals surface area contributed by atoms with Crippen LogP contribution in [0.5, 0.6) is 0 Å². The largest absolute Gasteiger partial charge is 0.399 e. The number of hydrogen-bond donors (Lipinski definition) is 1. The summed E-state index contributed by atoms with van der Waals surface area (Å²) >= 11 is 5.12. The predicted octanol–water partition coefficient (Wildman–Crippen LogP) is 4.25. The van der Waals surface area contributed by atoms with E-state index in [1.165, 1.54) is 4.88 Å². The first-order valence-corrected chi connectivity index (χ1v) is 8.50. The third kappa shape index (κ3) is 4.08. The summed E-state index contributed by atoms with van der Waals surface area (Å²) in [6.07, 6.45) is 0. The standard InChI is InChI=1S/C16H19BrN2OS/c1-3-19(10-14-7-8-15(17)21-14)16(20)11(2)12-5-4-6-13(18)9-12/h4-9,11H,3,10,18H2,1-2H3. The number of hydrogen-bond acceptors (Lipinski definition) is 3. The Labute approximate surface area is 137 Å². The first kappa shape index (κ1) is 16.0. The van der Waals surface area contributed by atoms with Gasteiger partial charge in [-0.15, -0.1) is 11.3 Å². The van der Waals surface area contributed by atoms with Crippen molar-refractivity contribution < 1.29 is 4.79 Å². The fraction of sp³-hybridized carbons (Fsp3) is 0.312. The third-order valence-corrected chi connectivity index (χ3v) is 5.06. The van der Waals surface area contributed by atoms with Gasteiger partial charge in [-0.3, -0.25) is 4.79 Å². The van der Waals surface area contributed by atoms with E-state index in [9.17, 15) is 4.79 Å². The molecule has 1 atom stereocenters. The molecule has 1 aromatic heterocycles. The van der Waals surface area contributed by atoms with Crippen LogP contribution in [-0.4, -0.2) is 17.4 Å². The zero-order valence-electron chi connectivity index (χ0n) is 12.2. The fourth-order valence-electron chi connectivity index (χ4n) is 2.22. The number of halogens is 1. The predicted molar refractivity (Wildman–Crippen MR) is 92.4 cm³/mol. The summed E-state index contributed by atoms with van der Waals surface area (Å²) in [5, 5.41) is 0. The minimum Gasteiger partial charge on any atom is -0.399 e. The Bertz CT molecular complexity index is 626. The van der Waals surface area contributed by atoms with Gasteiger partial charge >= 0.3 is 0 Å². The maximum Gasteiger partial charge on any atom is 0.230 e. The van der Waals surface area contributed by atoms with E-state index >= 15 is 0 Å². The second-order valence-electron chi connectivity index (χ2n) is 4.95. The Morgan fingerprint density at radius 1 is 1.38 bits per heavy atom. The van der Waals surface area contributed by atoms with Crippen LogP contribution in [0.2, 0.25) is 0 Å². The average molecular weight is 367 g/mol. The molecule has 1 heterocycles. The minimum absolute atomic E-state index is 0.132. The van der Waals surface area contributed by atoms with Crippen LogP contribution < -0.4 is 5.73 Å². The maximum atomic E-state index is 12.7. The summed E-state index contributed by atoms with van der Waals surface area (Å²) in [5.74, 6) is -0.0514. The average Bonchev–Trinajstić information content (AvgIpc) is 2.88. The summed E-state index contributed by atoms with van der Waals surface area (Å²) in [5.41, 5.74) is 7.46. The summed E-state index contributed by atoms with van der Waals surface area (Å²) in [6.45, 7) is 5.29. The van der Waals surface area contributed by atoms with Crippen molar-refractivity contribution in [1.82, 2.24) is 4.90 Å². The van der Waals surface area contributed by atoms with Crippen molar-refractivity contribution >= 4 is 38.9 Å². The number of likely N-dealkylation sites (N-methyl/N-ethyl adjacent to an activating group) is 1. The van der Waals surface area contributed by atoms with Gasteiger partial charge in [0.1, 0.15) is 0 Å². The molecule has 112 valence electrons. The monoisotopic (exact) mass is 366 g/mol. The molecule has 21 heavy (non-hydrogen) atoms. The van der Waals surface area contributed by atoms with E-state index in [1.807, 2.05) is 49.1 Å². The molecule has 2 N–H and O–H groups in total. The minimum atomic E-state index is -0.183. The van der Waals surface area contributed by atoms with Crippen LogP contribution >= 0.6 is 27.3 Å². The lowest BCUT2D eigenvalue weighted by atomic mass is 9.99. The number of carbonyl (C=O) groups is 1. The molecular formula is C16H19BrN2OS. The van der Waals surface area contributed by atoms with Crippen LogP contribution in [0, 0.1) is 0 Å². The quantitative estimate of drug-likeness (QED) is 0.804. The Balaban J connectivity index is 2.12. The number of nitrogens with zero attached hydrogens (tertiary/aromatic N) is 1. The molecule has 0 fully saturated rings. The lowest BCUT2D eigenvalue weighted by Crippen LogP contribution is -2.33. The second-order valence-corrected chi connectivity index (χ2v) is 7.50. The third-order valence-electron chi connectivity index (χ3n) is 3.45. The number of amides is 1. The molecule has 2 aromatic rings. The smallest absolute Gasteiger partial charge is 0.230 e. The topological polar surface area (TPSA) is 46.3 Å². The molecule has 0 saturated carbocycles. The molecule has 0 saturated heterocycles. The zero-order valence-corrected chi connectivity index (χ0v) is 14.6. The number of rotatable bonds is 5. The van der Waals surface area contributed by atoms with Crippen molar-refractivity contribution in [2.45, 2.75) is 26.3 Å². The van der Waals surface area contributed by atoms with Crippen LogP contribution in [0.1, 0.15) is 30.2 Å². The van der Waals surface area contributed by atoms with Gasteiger partial charge in [0.15, 0.2) is 0 Å². The highest BCUT2D eigenvalue weighted by Crippen LogP contribution is 2.25. The molecule has 1 amide bonds. The van der Waals surface area contributed by atoms with Gasteiger partial charge in [0.25, 0.3) is 0 Å². The molecule has 5 heteroatoms. The van der Waals surface area contributed by atoms with E-state index in [-0.39, 0.29) is 11.8 Å². The van der Waals surface area contributed by atoms with Gasteiger partial charge in [-0.05, 0) is 59.6 Å². The lowest BCUT2D eigenvalue weighted by Gasteiger charge is -2.24. The van der Waals surface area contributed by atoms with Gasteiger partial charge in [-0.2, -0.15) is 0 Å². The van der Waals surface area contributed by atoms with Crippen molar-refractivity contribution in [3.63, 3.8) is 0 Å². The van der Waals surface area contributed by atoms with E-state index in [4.69, 9.17) is 5.73 Å². The van der Waals surface area contributed by atoms with Gasteiger partial charge in [-0.1, -0.05) is 12.1 Å². The lowest BCUT2D eigenvalue weighted by molar-refractivity contribution is -0.132. The molecule has 0 spiro atoms. The highest BCUT2D eigenvalue weighted by atomic mass is 79.9. The van der Waals surface area contributed by atoms with Crippen molar-refractivity contribution in [1.29, 1.82) is 0 Å². The molecule has 0 radical (unpaired) electrons. The fourth-order valence-corrected chi connectivity index (χ4v) is 3.71. The summed E-state index contributed by atoms with van der Waals surface area (Å²) in [4.78, 5) is 15.7. The molecular weight excluding hydrogens is 348 g/mol. The number of carbonyl (C=O) groups excluding carboxylic acids is 1. The Morgan fingerprint density at radius 3 is 2.71 bits per heavy atom. The van der Waals surface area contributed by atoms with E-state index in [1.54, 1.807) is 11.3 Å². The van der Waals surface area contributed by atoms with Gasteiger partial charge in [0.05, 0.1) is 16.2 Å². The highest BCUT2D eigenvalue weighted by molar-refractivity contribution is 9.11. The first-order valence-electron chi connectivity index (χ1n) is 6.89. The van der Waals surface area contributed by atoms with Crippen LogP contribution in [-0.2, 0) is 11.3 Å². The Morgan fingerprint density at radius 2 is 2.14 bits per heavy atom. The molecule has 0 aliphatic carbocycles. The van der Waals surface area contributed by atoms with Gasteiger partial charge in [0.2, 0.25) is 5.91 Å². The molecule has 0 bridgehead atoms. The number of nitrogen functional groups attached to an aromatic ring is 1. The van der Waals surface area contributed by atoms with E-state index in [0.717, 1.165) is 9.35 Å². The molecule has 0 aliphatic heterocycles. The molecule has 2 rings (SSSR count). The Kier molecular flexibility index (Phi) is 5.42. The summed E-state index contributed by atoms with van der Waals surface area (Å²) in [7, 11) is 0. The second kappa shape index (κ2) is 7.09. The van der Waals surface area contributed by atoms with E-state index < -0.39 is 0 Å². The molecule has 1 unspecified atom stereocenters. The van der Waals surface area contributed by atoms with Crippen molar-refractivity contribution in [3.05, 3.63) is 50.6 Å². The number of nitrogens with two attached hydrogens (primary N) is 1. The molecule has 1 aromatic carbocycles. The molecule has 3 nitrogen and oxygen atoms in total. The van der Waals surface area contributed by atoms with Gasteiger partial charge in [-0.25, -0.2) is 0 Å². The van der Waals surface area contributed by atoms with Gasteiger partial charge in [0, 0.05) is 17.1 Å². The molecule has 0 aliphatic rings. The van der Waals surface area contributed by atoms with Crippen LogP contribution in [0.3, 0.4) is 0 Å². The van der Waals surface area contributed by atoms with Gasteiger partial charge < -0.3 is 10.6 Å². The zero-order chi connectivity index (χ0) is 15.4. The van der Waals surface area contributed by atoms with Crippen LogP contribution in [0.4, 0.5) is 5.69 Å². The van der Waals surface area contributed by atoms with Crippen molar-refractivity contribution in [3.8, 4) is 0 Å². The van der Waals surface area contributed by atoms with Crippen molar-refractivity contribution in [2.24, 2.45) is 0 Å². The highest BCUT2D eigenvalue weighted by Gasteiger charge is 2.21. The SMILES string of the molecule is CCN(Cc1ccc(Br)s1)C(=O)C(C)c1cccc(N)c1. The van der Waals surface area contributed by atoms with Crippen LogP contribution in [0.15, 0.2) is 40.2 Å². The van der Waals surface area contributed by atoms with Crippen molar-refractivity contribution in [2.75, 3.05) is 12.3 Å². The van der Waals surface area contributed by atoms with E-state index in [2.05, 4.69) is 22.0 Å². The summed E-state index contributed by atoms with van der Waals surface area (Å²) < 4.78 is 1.09. The summed E-state index contributed by atoms with van der Waals surface area (Å²) in [6, 6.07) is 11.6. The Hall–Kier alpha value is -1.33. The number of thiophene rings is 1. The van der Waals surface area contributed by atoms with Crippen LogP contribution in [0.25, 0.3) is 0 Å².